The van der Waals surface area contributed by atoms with E-state index in [1.54, 1.807) is 6.07 Å². The second-order valence-corrected chi connectivity index (χ2v) is 5.42. The maximum absolute atomic E-state index is 13.2. The van der Waals surface area contributed by atoms with Crippen molar-refractivity contribution in [3.63, 3.8) is 0 Å². The molecule has 4 heteroatoms. The molecule has 1 aliphatic rings. The minimum absolute atomic E-state index is 0.240. The number of benzene rings is 2. The van der Waals surface area contributed by atoms with E-state index in [-0.39, 0.29) is 6.61 Å². The second-order valence-electron chi connectivity index (χ2n) is 5.42. The Labute approximate surface area is 123 Å². The third-order valence-electron chi connectivity index (χ3n) is 3.79. The highest BCUT2D eigenvalue weighted by Gasteiger charge is 2.16. The number of likely N-dealkylation sites (N-methyl/N-ethyl adjacent to an activating group) is 1. The summed E-state index contributed by atoms with van der Waals surface area (Å²) < 4.78 is 31.9. The van der Waals surface area contributed by atoms with Crippen LogP contribution in [-0.4, -0.2) is 18.5 Å². The van der Waals surface area contributed by atoms with Crippen LogP contribution in [-0.2, 0) is 19.6 Å². The minimum Gasteiger partial charge on any atom is -0.489 e. The first-order chi connectivity index (χ1) is 10.1. The molecule has 0 aromatic heterocycles. The summed E-state index contributed by atoms with van der Waals surface area (Å²) in [5.41, 5.74) is 3.11. The fourth-order valence-corrected chi connectivity index (χ4v) is 2.64. The first kappa shape index (κ1) is 14.0. The average molecular weight is 289 g/mol. The fourth-order valence-electron chi connectivity index (χ4n) is 2.64. The Morgan fingerprint density at radius 2 is 2.00 bits per heavy atom. The van der Waals surface area contributed by atoms with Crippen LogP contribution in [0.4, 0.5) is 8.78 Å². The van der Waals surface area contributed by atoms with Gasteiger partial charge in [-0.05, 0) is 48.4 Å². The molecule has 110 valence electrons. The van der Waals surface area contributed by atoms with E-state index in [1.165, 1.54) is 17.2 Å². The normalized spacial score (nSPS) is 14.8. The van der Waals surface area contributed by atoms with Crippen molar-refractivity contribution < 1.29 is 13.5 Å². The van der Waals surface area contributed by atoms with Gasteiger partial charge in [-0.25, -0.2) is 8.78 Å². The van der Waals surface area contributed by atoms with Crippen LogP contribution in [0.25, 0.3) is 0 Å². The van der Waals surface area contributed by atoms with Gasteiger partial charge in [0.25, 0.3) is 0 Å². The van der Waals surface area contributed by atoms with Crippen molar-refractivity contribution in [2.45, 2.75) is 19.6 Å². The van der Waals surface area contributed by atoms with Crippen molar-refractivity contribution in [2.75, 3.05) is 13.6 Å². The predicted molar refractivity (Wildman–Crippen MR) is 77.2 cm³/mol. The van der Waals surface area contributed by atoms with Gasteiger partial charge >= 0.3 is 0 Å². The van der Waals surface area contributed by atoms with Gasteiger partial charge in [0.2, 0.25) is 0 Å². The predicted octanol–water partition coefficient (Wildman–Crippen LogP) is 3.53. The van der Waals surface area contributed by atoms with Crippen molar-refractivity contribution >= 4 is 0 Å². The van der Waals surface area contributed by atoms with E-state index >= 15 is 0 Å². The second kappa shape index (κ2) is 5.82. The lowest BCUT2D eigenvalue weighted by molar-refractivity contribution is 0.282. The van der Waals surface area contributed by atoms with Crippen LogP contribution in [0.3, 0.4) is 0 Å². The molecule has 0 N–H and O–H groups in total. The summed E-state index contributed by atoms with van der Waals surface area (Å²) in [5.74, 6) is -0.836. The molecule has 0 aliphatic carbocycles. The topological polar surface area (TPSA) is 12.5 Å². The number of rotatable bonds is 3. The van der Waals surface area contributed by atoms with Crippen molar-refractivity contribution in [3.8, 4) is 5.75 Å². The van der Waals surface area contributed by atoms with Crippen molar-refractivity contribution in [1.29, 1.82) is 0 Å². The van der Waals surface area contributed by atoms with Gasteiger partial charge in [0.15, 0.2) is 11.6 Å². The van der Waals surface area contributed by atoms with Gasteiger partial charge in [0.1, 0.15) is 12.4 Å². The molecule has 0 saturated heterocycles. The number of fused-ring (bicyclic) bond motifs is 1. The molecule has 2 aromatic carbocycles. The highest BCUT2D eigenvalue weighted by atomic mass is 19.2. The van der Waals surface area contributed by atoms with Crippen LogP contribution >= 0.6 is 0 Å². The zero-order valence-electron chi connectivity index (χ0n) is 11.9. The lowest BCUT2D eigenvalue weighted by atomic mass is 9.99. The van der Waals surface area contributed by atoms with Crippen LogP contribution in [0, 0.1) is 11.6 Å². The van der Waals surface area contributed by atoms with E-state index in [4.69, 9.17) is 4.74 Å². The number of halogens is 2. The summed E-state index contributed by atoms with van der Waals surface area (Å²) in [6.07, 6.45) is 0.944. The molecule has 0 unspecified atom stereocenters. The Morgan fingerprint density at radius 1 is 1.14 bits per heavy atom. The Kier molecular flexibility index (Phi) is 3.88. The third-order valence-corrected chi connectivity index (χ3v) is 3.79. The highest BCUT2D eigenvalue weighted by molar-refractivity contribution is 5.41. The molecule has 0 saturated carbocycles. The molecule has 1 aliphatic heterocycles. The molecule has 0 bridgehead atoms. The Hall–Kier alpha value is -1.94. The minimum atomic E-state index is -0.840. The Balaban J connectivity index is 1.76. The summed E-state index contributed by atoms with van der Waals surface area (Å²) in [7, 11) is 2.10. The van der Waals surface area contributed by atoms with Crippen molar-refractivity contribution in [3.05, 3.63) is 64.7 Å². The van der Waals surface area contributed by atoms with Gasteiger partial charge < -0.3 is 9.64 Å². The van der Waals surface area contributed by atoms with E-state index in [2.05, 4.69) is 18.0 Å². The molecule has 0 fully saturated rings. The molecular formula is C17H17F2NO. The number of ether oxygens (including phenoxy) is 1. The van der Waals surface area contributed by atoms with E-state index in [9.17, 15) is 8.78 Å². The lowest BCUT2D eigenvalue weighted by Gasteiger charge is -2.26. The van der Waals surface area contributed by atoms with Crippen LogP contribution in [0.5, 0.6) is 5.75 Å². The quantitative estimate of drug-likeness (QED) is 0.857. The summed E-state index contributed by atoms with van der Waals surface area (Å²) in [5, 5.41) is 0. The first-order valence-corrected chi connectivity index (χ1v) is 6.99. The van der Waals surface area contributed by atoms with Gasteiger partial charge in [0.05, 0.1) is 0 Å². The SMILES string of the molecule is CN1CCc2c(cccc2OCc2ccc(F)c(F)c2)C1. The molecule has 2 aromatic rings. The lowest BCUT2D eigenvalue weighted by Crippen LogP contribution is -2.26. The highest BCUT2D eigenvalue weighted by Crippen LogP contribution is 2.28. The molecule has 3 rings (SSSR count). The van der Waals surface area contributed by atoms with E-state index in [1.807, 2.05) is 12.1 Å². The standard InChI is InChI=1S/C17H17F2NO/c1-20-8-7-14-13(10-20)3-2-4-17(14)21-11-12-5-6-15(18)16(19)9-12/h2-6,9H,7-8,10-11H2,1H3. The number of nitrogens with zero attached hydrogens (tertiary/aromatic N) is 1. The van der Waals surface area contributed by atoms with Crippen molar-refractivity contribution in [1.82, 2.24) is 4.90 Å². The van der Waals surface area contributed by atoms with Crippen LogP contribution < -0.4 is 4.74 Å². The number of hydrogen-bond acceptors (Lipinski definition) is 2. The summed E-state index contributed by atoms with van der Waals surface area (Å²) in [6, 6.07) is 9.86. The van der Waals surface area contributed by atoms with E-state index in [0.29, 0.717) is 5.56 Å². The fraction of sp³-hybridized carbons (Fsp3) is 0.294. The van der Waals surface area contributed by atoms with Crippen LogP contribution in [0.1, 0.15) is 16.7 Å². The van der Waals surface area contributed by atoms with Gasteiger partial charge in [-0.15, -0.1) is 0 Å². The van der Waals surface area contributed by atoms with Gasteiger partial charge in [-0.3, -0.25) is 0 Å². The Morgan fingerprint density at radius 3 is 2.81 bits per heavy atom. The summed E-state index contributed by atoms with van der Waals surface area (Å²) >= 11 is 0. The van der Waals surface area contributed by atoms with E-state index < -0.39 is 11.6 Å². The molecule has 0 radical (unpaired) electrons. The maximum Gasteiger partial charge on any atom is 0.159 e. The van der Waals surface area contributed by atoms with Gasteiger partial charge in [0, 0.05) is 13.1 Å². The molecule has 1 heterocycles. The van der Waals surface area contributed by atoms with E-state index in [0.717, 1.165) is 31.3 Å². The molecule has 0 atom stereocenters. The third kappa shape index (κ3) is 3.05. The summed E-state index contributed by atoms with van der Waals surface area (Å²) in [4.78, 5) is 2.27. The Bertz CT molecular complexity index is 657. The van der Waals surface area contributed by atoms with Crippen molar-refractivity contribution in [2.24, 2.45) is 0 Å². The monoisotopic (exact) mass is 289 g/mol. The number of hydrogen-bond donors (Lipinski definition) is 0. The van der Waals surface area contributed by atoms with Gasteiger partial charge in [-0.1, -0.05) is 18.2 Å². The largest absolute Gasteiger partial charge is 0.489 e. The van der Waals surface area contributed by atoms with Crippen LogP contribution in [0.15, 0.2) is 36.4 Å². The zero-order valence-corrected chi connectivity index (χ0v) is 11.9. The van der Waals surface area contributed by atoms with Crippen LogP contribution in [0.2, 0.25) is 0 Å². The summed E-state index contributed by atoms with van der Waals surface area (Å²) in [6.45, 7) is 2.15. The zero-order chi connectivity index (χ0) is 14.8. The molecule has 2 nitrogen and oxygen atoms in total. The molecule has 0 amide bonds. The molecule has 0 spiro atoms. The smallest absolute Gasteiger partial charge is 0.159 e. The van der Waals surface area contributed by atoms with Gasteiger partial charge in [-0.2, -0.15) is 0 Å². The first-order valence-electron chi connectivity index (χ1n) is 6.99. The molecule has 21 heavy (non-hydrogen) atoms. The molecular weight excluding hydrogens is 272 g/mol. The average Bonchev–Trinajstić information content (AvgIpc) is 2.48. The maximum atomic E-state index is 13.2.